The Bertz CT molecular complexity index is 2620. The summed E-state index contributed by atoms with van der Waals surface area (Å²) < 4.78 is 13.7. The SMILES string of the molecule is CCCCCCCCCCOc1cc([Si](C(C)C)(C(C)C)C(C)C)c(OCCCCCCCCCC)cc1C#Cc1ccc(C#Cc2ccc(-c3ccc(C(O)(c4ccccc4)c4ccccc4)cc3)cc2)cc1. The fraction of sp³-hybridized carbons (Fsp3) is 0.429. The van der Waals surface area contributed by atoms with Gasteiger partial charge in [-0.3, -0.25) is 0 Å². The van der Waals surface area contributed by atoms with Gasteiger partial charge < -0.3 is 14.6 Å². The van der Waals surface area contributed by atoms with Gasteiger partial charge in [0.2, 0.25) is 0 Å². The largest absolute Gasteiger partial charge is 0.494 e. The number of unbranched alkanes of at least 4 members (excludes halogenated alkanes) is 14. The Morgan fingerprint density at radius 2 is 0.757 bits per heavy atom. The first-order chi connectivity index (χ1) is 36.0. The van der Waals surface area contributed by atoms with Crippen LogP contribution in [0.4, 0.5) is 0 Å². The van der Waals surface area contributed by atoms with Gasteiger partial charge in [0, 0.05) is 16.7 Å². The molecule has 1 N–H and O–H groups in total. The molecular weight excluding hydrogens is 917 g/mol. The van der Waals surface area contributed by atoms with Gasteiger partial charge in [0.05, 0.1) is 26.9 Å². The molecule has 0 saturated carbocycles. The highest BCUT2D eigenvalue weighted by Gasteiger charge is 2.46. The first-order valence-corrected chi connectivity index (χ1v) is 30.9. The summed E-state index contributed by atoms with van der Waals surface area (Å²) in [6.45, 7) is 20.6. The average Bonchev–Trinajstić information content (AvgIpc) is 3.42. The molecule has 3 nitrogen and oxygen atoms in total. The Kier molecular flexibility index (Phi) is 23.3. The maximum absolute atomic E-state index is 12.3. The molecule has 0 saturated heterocycles. The van der Waals surface area contributed by atoms with Gasteiger partial charge in [-0.15, -0.1) is 0 Å². The summed E-state index contributed by atoms with van der Waals surface area (Å²) in [4.78, 5) is 0. The first-order valence-electron chi connectivity index (χ1n) is 28.6. The molecule has 0 atom stereocenters. The van der Waals surface area contributed by atoms with Gasteiger partial charge in [-0.05, 0) is 111 Å². The van der Waals surface area contributed by atoms with Crippen LogP contribution in [-0.2, 0) is 5.60 Å². The standard InChI is InChI=1S/C70H88O3Si/c1-9-11-13-15-17-19-21-29-51-72-67-54-69(74(55(3)4,56(5)6)57(7)8)68(73-52-30-22-20-18-16-14-12-10-2)53-63(67)46-43-59-38-35-58(36-39-59)37-40-60-41-44-61(45-42-60)62-47-49-66(50-48-62)70(71,64-31-25-23-26-32-64)65-33-27-24-28-34-65/h23-28,31-36,38-39,41-42,44-45,47-50,53-57,71H,9-22,29-30,51-52H2,1-8H3. The van der Waals surface area contributed by atoms with Gasteiger partial charge in [-0.25, -0.2) is 0 Å². The van der Waals surface area contributed by atoms with E-state index in [9.17, 15) is 5.11 Å². The van der Waals surface area contributed by atoms with Crippen molar-refractivity contribution in [3.05, 3.63) is 185 Å². The lowest BCUT2D eigenvalue weighted by Gasteiger charge is -2.44. The van der Waals surface area contributed by atoms with E-state index >= 15 is 0 Å². The van der Waals surface area contributed by atoms with Gasteiger partial charge in [0.15, 0.2) is 0 Å². The quantitative estimate of drug-likeness (QED) is 0.0230. The monoisotopic (exact) mass is 1000 g/mol. The zero-order valence-electron chi connectivity index (χ0n) is 46.6. The number of benzene rings is 6. The number of ether oxygens (including phenoxy) is 2. The van der Waals surface area contributed by atoms with E-state index in [-0.39, 0.29) is 0 Å². The van der Waals surface area contributed by atoms with Crippen LogP contribution in [0.1, 0.15) is 197 Å². The Morgan fingerprint density at radius 1 is 0.405 bits per heavy atom. The van der Waals surface area contributed by atoms with Gasteiger partial charge in [0.25, 0.3) is 0 Å². The summed E-state index contributed by atoms with van der Waals surface area (Å²) >= 11 is 0. The van der Waals surface area contributed by atoms with Crippen LogP contribution in [0.15, 0.2) is 146 Å². The average molecular weight is 1010 g/mol. The molecule has 390 valence electrons. The van der Waals surface area contributed by atoms with E-state index in [0.717, 1.165) is 81.0 Å². The highest BCUT2D eigenvalue weighted by atomic mass is 28.3. The van der Waals surface area contributed by atoms with Gasteiger partial charge in [-0.1, -0.05) is 266 Å². The van der Waals surface area contributed by atoms with Crippen LogP contribution in [0.25, 0.3) is 11.1 Å². The van der Waals surface area contributed by atoms with Crippen molar-refractivity contribution in [3.8, 4) is 46.3 Å². The van der Waals surface area contributed by atoms with Gasteiger partial charge in [0.1, 0.15) is 17.1 Å². The molecule has 0 aliphatic heterocycles. The zero-order valence-corrected chi connectivity index (χ0v) is 47.6. The molecule has 0 radical (unpaired) electrons. The van der Waals surface area contributed by atoms with Crippen molar-refractivity contribution < 1.29 is 14.6 Å². The Morgan fingerprint density at radius 3 is 1.18 bits per heavy atom. The third kappa shape index (κ3) is 15.6. The maximum Gasteiger partial charge on any atom is 0.140 e. The van der Waals surface area contributed by atoms with Crippen molar-refractivity contribution in [1.82, 2.24) is 0 Å². The van der Waals surface area contributed by atoms with Crippen molar-refractivity contribution in [2.24, 2.45) is 0 Å². The van der Waals surface area contributed by atoms with Crippen LogP contribution in [0.3, 0.4) is 0 Å². The summed E-state index contributed by atoms with van der Waals surface area (Å²) in [5.74, 6) is 15.8. The van der Waals surface area contributed by atoms with E-state index in [1.165, 1.54) is 95.1 Å². The lowest BCUT2D eigenvalue weighted by molar-refractivity contribution is 0.125. The Balaban J connectivity index is 1.20. The van der Waals surface area contributed by atoms with E-state index in [4.69, 9.17) is 9.47 Å². The maximum atomic E-state index is 12.3. The van der Waals surface area contributed by atoms with Crippen molar-refractivity contribution in [1.29, 1.82) is 0 Å². The minimum Gasteiger partial charge on any atom is -0.494 e. The molecule has 0 unspecified atom stereocenters. The summed E-state index contributed by atoms with van der Waals surface area (Å²) in [6, 6.07) is 49.3. The van der Waals surface area contributed by atoms with Crippen LogP contribution in [-0.4, -0.2) is 26.4 Å². The second-order valence-corrected chi connectivity index (χ2v) is 27.4. The molecule has 74 heavy (non-hydrogen) atoms. The Labute approximate surface area is 450 Å². The van der Waals surface area contributed by atoms with Crippen molar-refractivity contribution in [2.75, 3.05) is 13.2 Å². The third-order valence-corrected chi connectivity index (χ3v) is 22.5. The molecular formula is C70H88O3Si. The molecule has 0 bridgehead atoms. The molecule has 0 aromatic heterocycles. The number of hydrogen-bond acceptors (Lipinski definition) is 3. The highest BCUT2D eigenvalue weighted by molar-refractivity contribution is 6.95. The minimum absolute atomic E-state index is 0.533. The second-order valence-electron chi connectivity index (χ2n) is 21.6. The molecule has 6 aromatic rings. The summed E-state index contributed by atoms with van der Waals surface area (Å²) in [6.07, 6.45) is 20.3. The number of aliphatic hydroxyl groups is 1. The fourth-order valence-corrected chi connectivity index (χ4v) is 18.3. The van der Waals surface area contributed by atoms with Gasteiger partial charge in [-0.2, -0.15) is 0 Å². The fourth-order valence-electron chi connectivity index (χ4n) is 11.4. The predicted octanol–water partition coefficient (Wildman–Crippen LogP) is 18.4. The zero-order chi connectivity index (χ0) is 52.6. The minimum atomic E-state index is -2.12. The number of rotatable bonds is 28. The molecule has 0 aliphatic rings. The second kappa shape index (κ2) is 29.9. The smallest absolute Gasteiger partial charge is 0.140 e. The van der Waals surface area contributed by atoms with Crippen LogP contribution in [0.5, 0.6) is 11.5 Å². The molecule has 0 fully saturated rings. The van der Waals surface area contributed by atoms with Crippen LogP contribution in [0.2, 0.25) is 16.6 Å². The molecule has 6 aromatic carbocycles. The molecule has 0 aliphatic carbocycles. The summed E-state index contributed by atoms with van der Waals surface area (Å²) in [5, 5.41) is 13.7. The molecule has 6 rings (SSSR count). The van der Waals surface area contributed by atoms with Crippen LogP contribution in [0, 0.1) is 23.7 Å². The summed E-state index contributed by atoms with van der Waals surface area (Å²) in [7, 11) is -2.12. The van der Waals surface area contributed by atoms with E-state index < -0.39 is 13.7 Å². The molecule has 0 heterocycles. The van der Waals surface area contributed by atoms with E-state index in [1.807, 2.05) is 72.8 Å². The highest BCUT2D eigenvalue weighted by Crippen LogP contribution is 2.44. The third-order valence-electron chi connectivity index (χ3n) is 15.4. The lowest BCUT2D eigenvalue weighted by Crippen LogP contribution is -2.56. The van der Waals surface area contributed by atoms with Crippen molar-refractivity contribution >= 4 is 13.3 Å². The van der Waals surface area contributed by atoms with Crippen LogP contribution >= 0.6 is 0 Å². The lowest BCUT2D eigenvalue weighted by atomic mass is 9.80. The Hall–Kier alpha value is -5.78. The van der Waals surface area contributed by atoms with Gasteiger partial charge >= 0.3 is 0 Å². The number of hydrogen-bond donors (Lipinski definition) is 1. The normalized spacial score (nSPS) is 11.6. The molecule has 0 amide bonds. The predicted molar refractivity (Wildman–Crippen MR) is 319 cm³/mol. The van der Waals surface area contributed by atoms with Crippen LogP contribution < -0.4 is 14.7 Å². The summed E-state index contributed by atoms with van der Waals surface area (Å²) in [5.41, 5.74) is 8.71. The van der Waals surface area contributed by atoms with Crippen molar-refractivity contribution in [3.63, 3.8) is 0 Å². The topological polar surface area (TPSA) is 38.7 Å². The molecule has 4 heteroatoms. The van der Waals surface area contributed by atoms with Crippen molar-refractivity contribution in [2.45, 2.75) is 180 Å². The van der Waals surface area contributed by atoms with E-state index in [1.54, 1.807) is 0 Å². The van der Waals surface area contributed by atoms with E-state index in [2.05, 4.69) is 152 Å². The first kappa shape index (κ1) is 57.5. The molecule has 0 spiro atoms. The van der Waals surface area contributed by atoms with E-state index in [0.29, 0.717) is 23.2 Å².